The number of aromatic amines is 1. The normalized spacial score (nSPS) is 10.9. The largest absolute Gasteiger partial charge is 0.362 e. The van der Waals surface area contributed by atoms with Crippen LogP contribution >= 0.6 is 0 Å². The van der Waals surface area contributed by atoms with Gasteiger partial charge in [-0.25, -0.2) is 12.7 Å². The van der Waals surface area contributed by atoms with Crippen molar-refractivity contribution in [1.82, 2.24) is 9.29 Å². The summed E-state index contributed by atoms with van der Waals surface area (Å²) < 4.78 is 25.5. The van der Waals surface area contributed by atoms with Crippen LogP contribution in [0.4, 0.5) is 0 Å². The van der Waals surface area contributed by atoms with Crippen LogP contribution in [-0.2, 0) is 16.4 Å². The first-order valence-electron chi connectivity index (χ1n) is 8.72. The quantitative estimate of drug-likeness (QED) is 0.542. The van der Waals surface area contributed by atoms with Crippen LogP contribution < -0.4 is 0 Å². The first kappa shape index (κ1) is 18.8. The molecule has 0 aliphatic rings. The molecule has 1 heterocycles. The molecule has 0 unspecified atom stereocenters. The summed E-state index contributed by atoms with van der Waals surface area (Å²) in [6, 6.07) is 24.3. The zero-order chi connectivity index (χ0) is 19.3. The molecule has 27 heavy (non-hydrogen) atoms. The second kappa shape index (κ2) is 8.15. The summed E-state index contributed by atoms with van der Waals surface area (Å²) in [5.74, 6) is 2.93. The molecule has 1 N–H and O–H groups in total. The molecule has 0 aliphatic carbocycles. The van der Waals surface area contributed by atoms with Crippen molar-refractivity contribution in [3.63, 3.8) is 0 Å². The lowest BCUT2D eigenvalue weighted by Gasteiger charge is -2.15. The zero-order valence-corrected chi connectivity index (χ0v) is 16.3. The second-order valence-corrected chi connectivity index (χ2v) is 8.31. The topological polar surface area (TPSA) is 53.2 Å². The van der Waals surface area contributed by atoms with Crippen molar-refractivity contribution in [2.45, 2.75) is 13.3 Å². The number of aromatic nitrogens is 1. The Morgan fingerprint density at radius 3 is 2.26 bits per heavy atom. The Hall–Kier alpha value is -2.97. The molecule has 0 saturated carbocycles. The molecule has 0 amide bonds. The first-order valence-corrected chi connectivity index (χ1v) is 10.6. The van der Waals surface area contributed by atoms with Crippen LogP contribution in [0.5, 0.6) is 0 Å². The highest BCUT2D eigenvalue weighted by Gasteiger charge is 2.15. The first-order chi connectivity index (χ1) is 12.9. The Labute approximate surface area is 160 Å². The molecule has 3 aromatic rings. The standard InChI is InChI=1S/C22H22N2O2S/c1-18-17-21(20-11-7-4-8-12-20)22(23-18)14-16-24(27(2,25)26)15-13-19-9-5-3-6-10-19/h3-12,17,23H,14,16H2,1-2H3. The van der Waals surface area contributed by atoms with Crippen LogP contribution in [-0.4, -0.2) is 30.5 Å². The Morgan fingerprint density at radius 2 is 1.63 bits per heavy atom. The Kier molecular flexibility index (Phi) is 5.68. The highest BCUT2D eigenvalue weighted by Crippen LogP contribution is 2.25. The average Bonchev–Trinajstić information content (AvgIpc) is 3.03. The van der Waals surface area contributed by atoms with Gasteiger partial charge >= 0.3 is 0 Å². The number of benzene rings is 2. The lowest BCUT2D eigenvalue weighted by atomic mass is 10.0. The monoisotopic (exact) mass is 378 g/mol. The van der Waals surface area contributed by atoms with Gasteiger partial charge in [-0.05, 0) is 36.6 Å². The van der Waals surface area contributed by atoms with E-state index in [1.165, 1.54) is 10.6 Å². The van der Waals surface area contributed by atoms with Crippen molar-refractivity contribution in [3.8, 4) is 23.1 Å². The van der Waals surface area contributed by atoms with Crippen molar-refractivity contribution in [2.24, 2.45) is 0 Å². The van der Waals surface area contributed by atoms with Gasteiger partial charge in [-0.15, -0.1) is 0 Å². The predicted molar refractivity (Wildman–Crippen MR) is 110 cm³/mol. The predicted octanol–water partition coefficient (Wildman–Crippen LogP) is 3.80. The molecule has 0 fully saturated rings. The lowest BCUT2D eigenvalue weighted by Crippen LogP contribution is -2.27. The Morgan fingerprint density at radius 1 is 1.00 bits per heavy atom. The number of nitrogens with zero attached hydrogens (tertiary/aromatic N) is 1. The van der Waals surface area contributed by atoms with Crippen molar-refractivity contribution >= 4 is 10.0 Å². The van der Waals surface area contributed by atoms with Crippen LogP contribution in [0.15, 0.2) is 66.7 Å². The van der Waals surface area contributed by atoms with Gasteiger partial charge < -0.3 is 4.98 Å². The summed E-state index contributed by atoms with van der Waals surface area (Å²) >= 11 is 0. The van der Waals surface area contributed by atoms with Gasteiger partial charge in [0.05, 0.1) is 6.26 Å². The molecule has 1 aromatic heterocycles. The van der Waals surface area contributed by atoms with E-state index in [2.05, 4.69) is 35.1 Å². The number of hydrogen-bond acceptors (Lipinski definition) is 2. The summed E-state index contributed by atoms with van der Waals surface area (Å²) in [5.41, 5.74) is 5.04. The number of hydrogen-bond donors (Lipinski definition) is 1. The minimum Gasteiger partial charge on any atom is -0.362 e. The highest BCUT2D eigenvalue weighted by molar-refractivity contribution is 7.88. The fourth-order valence-corrected chi connectivity index (χ4v) is 3.52. The van der Waals surface area contributed by atoms with Gasteiger partial charge in [0.1, 0.15) is 0 Å². The molecule has 0 aliphatic heterocycles. The summed E-state index contributed by atoms with van der Waals surface area (Å²) in [7, 11) is -3.43. The molecule has 0 bridgehead atoms. The number of nitrogens with one attached hydrogen (secondary N) is 1. The van der Waals surface area contributed by atoms with E-state index >= 15 is 0 Å². The third-order valence-corrected chi connectivity index (χ3v) is 5.26. The van der Waals surface area contributed by atoms with Crippen LogP contribution in [0.1, 0.15) is 17.0 Å². The van der Waals surface area contributed by atoms with Crippen LogP contribution in [0.2, 0.25) is 0 Å². The summed E-state index contributed by atoms with van der Waals surface area (Å²) in [4.78, 5) is 3.35. The molecule has 4 nitrogen and oxygen atoms in total. The van der Waals surface area contributed by atoms with Gasteiger partial charge in [0.15, 0.2) is 0 Å². The smallest absolute Gasteiger partial charge is 0.238 e. The van der Waals surface area contributed by atoms with Gasteiger partial charge in [0.2, 0.25) is 10.0 Å². The summed E-state index contributed by atoms with van der Waals surface area (Å²) in [6.07, 6.45) is 1.74. The minimum absolute atomic E-state index is 0.290. The molecule has 2 aromatic carbocycles. The zero-order valence-electron chi connectivity index (χ0n) is 15.4. The van der Waals surface area contributed by atoms with Crippen molar-refractivity contribution in [2.75, 3.05) is 12.8 Å². The van der Waals surface area contributed by atoms with E-state index in [0.717, 1.165) is 28.1 Å². The number of rotatable bonds is 5. The molecule has 138 valence electrons. The maximum Gasteiger partial charge on any atom is 0.238 e. The molecular formula is C22H22N2O2S. The molecule has 0 saturated heterocycles. The SMILES string of the molecule is Cc1cc(-c2ccccc2)c(CCN(C#Cc2ccccc2)S(C)(=O)=O)[nH]1. The van der Waals surface area contributed by atoms with Crippen LogP contribution in [0, 0.1) is 18.9 Å². The highest BCUT2D eigenvalue weighted by atomic mass is 32.2. The van der Waals surface area contributed by atoms with Gasteiger partial charge in [-0.1, -0.05) is 48.5 Å². The lowest BCUT2D eigenvalue weighted by molar-refractivity contribution is 0.517. The Balaban J connectivity index is 1.82. The third kappa shape index (κ3) is 5.02. The van der Waals surface area contributed by atoms with E-state index in [1.807, 2.05) is 55.5 Å². The van der Waals surface area contributed by atoms with E-state index in [-0.39, 0.29) is 0 Å². The minimum atomic E-state index is -3.43. The fraction of sp³-hybridized carbons (Fsp3) is 0.182. The molecular weight excluding hydrogens is 356 g/mol. The van der Waals surface area contributed by atoms with E-state index in [4.69, 9.17) is 0 Å². The average molecular weight is 378 g/mol. The van der Waals surface area contributed by atoms with E-state index in [0.29, 0.717) is 13.0 Å². The number of aryl methyl sites for hydroxylation is 1. The molecule has 5 heteroatoms. The van der Waals surface area contributed by atoms with Crippen LogP contribution in [0.3, 0.4) is 0 Å². The van der Waals surface area contributed by atoms with Crippen molar-refractivity contribution < 1.29 is 8.42 Å². The van der Waals surface area contributed by atoms with E-state index in [1.54, 1.807) is 0 Å². The summed E-state index contributed by atoms with van der Waals surface area (Å²) in [6.45, 7) is 2.29. The third-order valence-electron chi connectivity index (χ3n) is 4.18. The van der Waals surface area contributed by atoms with Gasteiger partial charge in [0, 0.05) is 41.5 Å². The number of H-pyrrole nitrogens is 1. The second-order valence-electron chi connectivity index (χ2n) is 6.40. The number of sulfonamides is 1. The Bertz CT molecular complexity index is 1060. The summed E-state index contributed by atoms with van der Waals surface area (Å²) in [5, 5.41) is 0. The van der Waals surface area contributed by atoms with E-state index in [9.17, 15) is 8.42 Å². The van der Waals surface area contributed by atoms with E-state index < -0.39 is 10.0 Å². The van der Waals surface area contributed by atoms with Gasteiger partial charge in [-0.3, -0.25) is 0 Å². The maximum atomic E-state index is 12.1. The molecule has 3 rings (SSSR count). The van der Waals surface area contributed by atoms with Crippen molar-refractivity contribution in [3.05, 3.63) is 83.7 Å². The molecule has 0 radical (unpaired) electrons. The van der Waals surface area contributed by atoms with Crippen LogP contribution in [0.25, 0.3) is 11.1 Å². The van der Waals surface area contributed by atoms with Gasteiger partial charge in [0.25, 0.3) is 0 Å². The van der Waals surface area contributed by atoms with Crippen molar-refractivity contribution in [1.29, 1.82) is 0 Å². The maximum absolute atomic E-state index is 12.1. The molecule has 0 spiro atoms. The fourth-order valence-electron chi connectivity index (χ4n) is 2.88. The molecule has 0 atom stereocenters. The van der Waals surface area contributed by atoms with Gasteiger partial charge in [-0.2, -0.15) is 0 Å².